The van der Waals surface area contributed by atoms with Gasteiger partial charge in [-0.1, -0.05) is 36.4 Å². The van der Waals surface area contributed by atoms with Gasteiger partial charge in [0, 0.05) is 6.07 Å². The molecule has 0 atom stereocenters. The van der Waals surface area contributed by atoms with Crippen LogP contribution < -0.4 is 10.0 Å². The minimum atomic E-state index is -4.18. The van der Waals surface area contributed by atoms with Gasteiger partial charge in [0.2, 0.25) is 10.0 Å². The number of carbonyl (C=O) groups is 1. The lowest BCUT2D eigenvalue weighted by molar-refractivity contribution is -0.384. The van der Waals surface area contributed by atoms with Crippen LogP contribution in [0.15, 0.2) is 82.3 Å². The number of hydrogen-bond donors (Lipinski definition) is 2. The molecule has 0 bridgehead atoms. The summed E-state index contributed by atoms with van der Waals surface area (Å²) in [4.78, 5) is 22.2. The van der Waals surface area contributed by atoms with Crippen molar-refractivity contribution in [1.29, 1.82) is 0 Å². The van der Waals surface area contributed by atoms with E-state index in [1.807, 2.05) is 30.3 Å². The molecule has 2 aromatic carbocycles. The molecule has 0 radical (unpaired) electrons. The molecule has 0 unspecified atom stereocenters. The summed E-state index contributed by atoms with van der Waals surface area (Å²) < 4.78 is 37.2. The average molecular weight is 471 g/mol. The summed E-state index contributed by atoms with van der Waals surface area (Å²) in [6.45, 7) is -0.465. The van der Waals surface area contributed by atoms with Gasteiger partial charge < -0.3 is 14.5 Å². The Morgan fingerprint density at radius 3 is 2.61 bits per heavy atom. The Kier molecular flexibility index (Phi) is 7.95. The Labute approximate surface area is 190 Å². The number of rotatable bonds is 11. The van der Waals surface area contributed by atoms with Crippen LogP contribution in [0.5, 0.6) is 0 Å². The molecule has 0 amide bonds. The first-order chi connectivity index (χ1) is 15.8. The maximum absolute atomic E-state index is 12.5. The van der Waals surface area contributed by atoms with Crippen molar-refractivity contribution in [1.82, 2.24) is 4.72 Å². The van der Waals surface area contributed by atoms with Crippen molar-refractivity contribution >= 4 is 33.4 Å². The number of nitro benzene ring substituents is 1. The Morgan fingerprint density at radius 2 is 1.91 bits per heavy atom. The van der Waals surface area contributed by atoms with E-state index in [2.05, 4.69) is 10.0 Å². The third kappa shape index (κ3) is 7.02. The first-order valence-electron chi connectivity index (χ1n) is 9.77. The van der Waals surface area contributed by atoms with E-state index < -0.39 is 33.1 Å². The Balaban J connectivity index is 1.57. The van der Waals surface area contributed by atoms with Crippen molar-refractivity contribution in [3.63, 3.8) is 0 Å². The van der Waals surface area contributed by atoms with E-state index >= 15 is 0 Å². The Morgan fingerprint density at radius 1 is 1.12 bits per heavy atom. The van der Waals surface area contributed by atoms with E-state index in [-0.39, 0.29) is 23.7 Å². The summed E-state index contributed by atoms with van der Waals surface area (Å²) in [6.07, 6.45) is 4.86. The number of hydrogen-bond acceptors (Lipinski definition) is 8. The number of ether oxygens (including phenoxy) is 1. The first kappa shape index (κ1) is 23.7. The summed E-state index contributed by atoms with van der Waals surface area (Å²) in [5.41, 5.74) is 0.621. The highest BCUT2D eigenvalue weighted by molar-refractivity contribution is 7.89. The molecule has 0 aliphatic carbocycles. The number of esters is 1. The molecule has 11 heteroatoms. The summed E-state index contributed by atoms with van der Waals surface area (Å²) in [5.74, 6) is -0.234. The summed E-state index contributed by atoms with van der Waals surface area (Å²) in [5, 5.41) is 14.3. The maximum Gasteiger partial charge on any atom is 0.321 e. The molecule has 3 rings (SSSR count). The third-order valence-electron chi connectivity index (χ3n) is 4.37. The highest BCUT2D eigenvalue weighted by atomic mass is 32.2. The van der Waals surface area contributed by atoms with E-state index in [4.69, 9.17) is 9.15 Å². The van der Waals surface area contributed by atoms with Gasteiger partial charge in [-0.25, -0.2) is 8.42 Å². The number of nitrogens with zero attached hydrogens (tertiary/aromatic N) is 1. The van der Waals surface area contributed by atoms with Gasteiger partial charge >= 0.3 is 5.97 Å². The van der Waals surface area contributed by atoms with Gasteiger partial charge in [-0.3, -0.25) is 14.9 Å². The number of anilines is 1. The van der Waals surface area contributed by atoms with Gasteiger partial charge in [-0.15, -0.1) is 0 Å². The third-order valence-corrected chi connectivity index (χ3v) is 5.77. The molecule has 2 N–H and O–H groups in total. The standard InChI is InChI=1S/C22H21N3O7S/c26-22(32-13-4-8-17-6-2-1-3-7-17)16-24-33(29,30)19-10-11-20(21(14-19)25(27)28)23-15-18-9-5-12-31-18/h1-12,14,23-24H,13,15-16H2/b8-4+. The minimum absolute atomic E-state index is 0.0308. The predicted molar refractivity (Wildman–Crippen MR) is 121 cm³/mol. The van der Waals surface area contributed by atoms with Crippen LogP contribution in [-0.2, 0) is 26.1 Å². The lowest BCUT2D eigenvalue weighted by Gasteiger charge is -2.09. The van der Waals surface area contributed by atoms with Crippen molar-refractivity contribution < 1.29 is 27.3 Å². The molecule has 1 aromatic heterocycles. The molecular weight excluding hydrogens is 450 g/mol. The highest BCUT2D eigenvalue weighted by Gasteiger charge is 2.22. The molecule has 0 spiro atoms. The average Bonchev–Trinajstić information content (AvgIpc) is 3.33. The maximum atomic E-state index is 12.5. The van der Waals surface area contributed by atoms with Crippen LogP contribution in [0.3, 0.4) is 0 Å². The van der Waals surface area contributed by atoms with Gasteiger partial charge in [0.15, 0.2) is 0 Å². The molecule has 33 heavy (non-hydrogen) atoms. The predicted octanol–water partition coefficient (Wildman–Crippen LogP) is 3.33. The lowest BCUT2D eigenvalue weighted by atomic mass is 10.2. The fourth-order valence-electron chi connectivity index (χ4n) is 2.75. The second kappa shape index (κ2) is 11.1. The molecule has 0 saturated carbocycles. The van der Waals surface area contributed by atoms with Gasteiger partial charge in [-0.05, 0) is 35.9 Å². The molecule has 0 saturated heterocycles. The van der Waals surface area contributed by atoms with Crippen molar-refractivity contribution in [3.8, 4) is 0 Å². The quantitative estimate of drug-likeness (QED) is 0.246. The second-order valence-corrected chi connectivity index (χ2v) is 8.46. The molecule has 1 heterocycles. The zero-order chi connectivity index (χ0) is 23.7. The zero-order valence-electron chi connectivity index (χ0n) is 17.3. The van der Waals surface area contributed by atoms with Crippen LogP contribution in [0.4, 0.5) is 11.4 Å². The van der Waals surface area contributed by atoms with Crippen LogP contribution in [0.2, 0.25) is 0 Å². The fraction of sp³-hybridized carbons (Fsp3) is 0.136. The molecule has 10 nitrogen and oxygen atoms in total. The van der Waals surface area contributed by atoms with Gasteiger partial charge in [0.1, 0.15) is 24.6 Å². The second-order valence-electron chi connectivity index (χ2n) is 6.69. The Bertz CT molecular complexity index is 1220. The van der Waals surface area contributed by atoms with E-state index in [9.17, 15) is 23.3 Å². The van der Waals surface area contributed by atoms with E-state index in [1.165, 1.54) is 18.4 Å². The van der Waals surface area contributed by atoms with Crippen LogP contribution in [-0.4, -0.2) is 32.5 Å². The summed E-state index contributed by atoms with van der Waals surface area (Å²) >= 11 is 0. The number of furan rings is 1. The van der Waals surface area contributed by atoms with Gasteiger partial charge in [0.25, 0.3) is 5.69 Å². The molecule has 172 valence electrons. The minimum Gasteiger partial charge on any atom is -0.467 e. The van der Waals surface area contributed by atoms with Gasteiger partial charge in [0.05, 0.1) is 22.6 Å². The number of nitro groups is 1. The molecule has 0 aliphatic rings. The van der Waals surface area contributed by atoms with E-state index in [0.717, 1.165) is 11.6 Å². The molecule has 0 fully saturated rings. The van der Waals surface area contributed by atoms with Gasteiger partial charge in [-0.2, -0.15) is 4.72 Å². The SMILES string of the molecule is O=C(CNS(=O)(=O)c1ccc(NCc2ccco2)c([N+](=O)[O-])c1)OC/C=C/c1ccccc1. The topological polar surface area (TPSA) is 141 Å². The first-order valence-corrected chi connectivity index (χ1v) is 11.2. The molecule has 0 aliphatic heterocycles. The van der Waals surface area contributed by atoms with Crippen LogP contribution >= 0.6 is 0 Å². The van der Waals surface area contributed by atoms with E-state index in [0.29, 0.717) is 5.76 Å². The monoisotopic (exact) mass is 471 g/mol. The highest BCUT2D eigenvalue weighted by Crippen LogP contribution is 2.28. The van der Waals surface area contributed by atoms with Crippen molar-refractivity contribution in [3.05, 3.63) is 94.4 Å². The zero-order valence-corrected chi connectivity index (χ0v) is 18.2. The smallest absolute Gasteiger partial charge is 0.321 e. The number of carbonyl (C=O) groups excluding carboxylic acids is 1. The summed E-state index contributed by atoms with van der Waals surface area (Å²) in [7, 11) is -4.18. The lowest BCUT2D eigenvalue weighted by Crippen LogP contribution is -2.30. The molecular formula is C22H21N3O7S. The van der Waals surface area contributed by atoms with E-state index in [1.54, 1.807) is 24.3 Å². The van der Waals surface area contributed by atoms with Crippen molar-refractivity contribution in [2.75, 3.05) is 18.5 Å². The Hall–Kier alpha value is -3.96. The normalized spacial score (nSPS) is 11.4. The number of nitrogens with one attached hydrogen (secondary N) is 2. The van der Waals surface area contributed by atoms with Crippen LogP contribution in [0, 0.1) is 10.1 Å². The number of sulfonamides is 1. The van der Waals surface area contributed by atoms with Crippen LogP contribution in [0.1, 0.15) is 11.3 Å². The largest absolute Gasteiger partial charge is 0.467 e. The van der Waals surface area contributed by atoms with Crippen molar-refractivity contribution in [2.45, 2.75) is 11.4 Å². The fourth-order valence-corrected chi connectivity index (χ4v) is 3.74. The van der Waals surface area contributed by atoms with Crippen molar-refractivity contribution in [2.24, 2.45) is 0 Å². The molecule has 3 aromatic rings. The summed E-state index contributed by atoms with van der Waals surface area (Å²) in [6, 6.07) is 16.1. The number of benzene rings is 2. The van der Waals surface area contributed by atoms with Crippen LogP contribution in [0.25, 0.3) is 6.08 Å².